The fourth-order valence-corrected chi connectivity index (χ4v) is 5.33. The van der Waals surface area contributed by atoms with Gasteiger partial charge in [-0.2, -0.15) is 0 Å². The molecule has 0 saturated heterocycles. The summed E-state index contributed by atoms with van der Waals surface area (Å²) in [5.74, 6) is 0.239. The van der Waals surface area contributed by atoms with Crippen molar-refractivity contribution in [3.8, 4) is 5.75 Å². The van der Waals surface area contributed by atoms with E-state index in [0.29, 0.717) is 28.4 Å². The van der Waals surface area contributed by atoms with Gasteiger partial charge in [-0.05, 0) is 75.9 Å². The smallest absolute Gasteiger partial charge is 0.243 e. The third-order valence-corrected chi connectivity index (χ3v) is 7.65. The molecular formula is C28H40ClN3O5S. The lowest BCUT2D eigenvalue weighted by Gasteiger charge is -2.33. The first-order valence-electron chi connectivity index (χ1n) is 12.6. The molecule has 2 aromatic carbocycles. The van der Waals surface area contributed by atoms with Gasteiger partial charge < -0.3 is 15.0 Å². The first kappa shape index (κ1) is 31.4. The van der Waals surface area contributed by atoms with Crippen LogP contribution in [0.5, 0.6) is 5.75 Å². The fourth-order valence-electron chi connectivity index (χ4n) is 4.15. The number of hydrogen-bond donors (Lipinski definition) is 1. The topological polar surface area (TPSA) is 96.0 Å². The molecule has 10 heteroatoms. The van der Waals surface area contributed by atoms with E-state index >= 15 is 0 Å². The number of sulfonamides is 1. The number of hydrogen-bond acceptors (Lipinski definition) is 5. The Labute approximate surface area is 232 Å². The number of ether oxygens (including phenoxy) is 1. The van der Waals surface area contributed by atoms with Crippen LogP contribution in [0.4, 0.5) is 5.69 Å². The monoisotopic (exact) mass is 565 g/mol. The lowest BCUT2D eigenvalue weighted by molar-refractivity contribution is -0.142. The van der Waals surface area contributed by atoms with Crippen LogP contribution in [0.1, 0.15) is 58.1 Å². The molecule has 0 radical (unpaired) electrons. The molecule has 0 heterocycles. The van der Waals surface area contributed by atoms with Gasteiger partial charge in [-0.1, -0.05) is 36.7 Å². The van der Waals surface area contributed by atoms with Crippen LogP contribution in [0.15, 0.2) is 42.5 Å². The van der Waals surface area contributed by atoms with Gasteiger partial charge in [0.25, 0.3) is 0 Å². The van der Waals surface area contributed by atoms with Crippen molar-refractivity contribution in [1.29, 1.82) is 0 Å². The molecule has 0 saturated carbocycles. The van der Waals surface area contributed by atoms with Gasteiger partial charge in [-0.25, -0.2) is 8.42 Å². The Hall–Kier alpha value is -2.78. The van der Waals surface area contributed by atoms with Gasteiger partial charge >= 0.3 is 0 Å². The molecule has 0 aliphatic heterocycles. The van der Waals surface area contributed by atoms with Gasteiger partial charge in [-0.3, -0.25) is 13.9 Å². The van der Waals surface area contributed by atoms with Gasteiger partial charge in [0.1, 0.15) is 11.8 Å². The highest BCUT2D eigenvalue weighted by molar-refractivity contribution is 7.92. The van der Waals surface area contributed by atoms with E-state index in [0.717, 1.165) is 11.8 Å². The number of anilines is 1. The van der Waals surface area contributed by atoms with E-state index in [-0.39, 0.29) is 37.7 Å². The van der Waals surface area contributed by atoms with Crippen LogP contribution in [-0.4, -0.2) is 56.6 Å². The summed E-state index contributed by atoms with van der Waals surface area (Å²) in [5, 5.41) is 3.45. The van der Waals surface area contributed by atoms with E-state index in [1.54, 1.807) is 37.1 Å². The van der Waals surface area contributed by atoms with Crippen LogP contribution in [0.3, 0.4) is 0 Å². The Bertz CT molecular complexity index is 1210. The van der Waals surface area contributed by atoms with E-state index in [9.17, 15) is 18.0 Å². The molecule has 0 fully saturated rings. The number of carbonyl (C=O) groups excluding carboxylic acids is 2. The van der Waals surface area contributed by atoms with Crippen LogP contribution in [0.2, 0.25) is 5.02 Å². The molecule has 38 heavy (non-hydrogen) atoms. The molecule has 0 bridgehead atoms. The van der Waals surface area contributed by atoms with Crippen LogP contribution >= 0.6 is 11.6 Å². The highest BCUT2D eigenvalue weighted by Gasteiger charge is 2.31. The second kappa shape index (κ2) is 13.3. The number of methoxy groups -OCH3 is 1. The Morgan fingerprint density at radius 2 is 1.74 bits per heavy atom. The minimum absolute atomic E-state index is 0.0705. The molecule has 8 nitrogen and oxygen atoms in total. The second-order valence-corrected chi connectivity index (χ2v) is 12.7. The second-order valence-electron chi connectivity index (χ2n) is 10.4. The molecule has 0 aliphatic rings. The number of halogens is 1. The first-order chi connectivity index (χ1) is 17.7. The molecule has 0 unspecified atom stereocenters. The Balaban J connectivity index is 2.28. The normalized spacial score (nSPS) is 12.5. The third-order valence-electron chi connectivity index (χ3n) is 6.06. The Kier molecular flexibility index (Phi) is 11.0. The van der Waals surface area contributed by atoms with Crippen molar-refractivity contribution in [2.45, 2.75) is 72.0 Å². The van der Waals surface area contributed by atoms with E-state index < -0.39 is 21.6 Å². The molecule has 0 aromatic heterocycles. The van der Waals surface area contributed by atoms with Gasteiger partial charge in [0.15, 0.2) is 0 Å². The minimum atomic E-state index is -3.61. The third kappa shape index (κ3) is 8.91. The summed E-state index contributed by atoms with van der Waals surface area (Å²) in [6.07, 6.45) is 1.91. The summed E-state index contributed by atoms with van der Waals surface area (Å²) in [4.78, 5) is 28.3. The zero-order valence-electron chi connectivity index (χ0n) is 23.4. The Morgan fingerprint density at radius 3 is 2.26 bits per heavy atom. The summed E-state index contributed by atoms with van der Waals surface area (Å²) >= 11 is 6.23. The summed E-state index contributed by atoms with van der Waals surface area (Å²) in [7, 11) is -2.03. The molecule has 1 N–H and O–H groups in total. The first-order valence-corrected chi connectivity index (χ1v) is 14.9. The number of nitrogens with one attached hydrogen (secondary N) is 1. The lowest BCUT2D eigenvalue weighted by Crippen LogP contribution is -2.53. The zero-order chi connectivity index (χ0) is 28.7. The summed E-state index contributed by atoms with van der Waals surface area (Å²) in [5.41, 5.74) is 1.54. The summed E-state index contributed by atoms with van der Waals surface area (Å²) < 4.78 is 31.7. The van der Waals surface area contributed by atoms with Crippen LogP contribution < -0.4 is 14.4 Å². The molecule has 2 amide bonds. The Morgan fingerprint density at radius 1 is 1.11 bits per heavy atom. The van der Waals surface area contributed by atoms with Crippen molar-refractivity contribution < 1.29 is 22.7 Å². The SMILES string of the molecule is CC[C@@H](C(=O)NC(C)(C)C)N(Cc1ccc(OC)cc1)C(=O)CCCN(c1cccc(Cl)c1C)S(C)(=O)=O. The van der Waals surface area contributed by atoms with E-state index in [4.69, 9.17) is 16.3 Å². The quantitative estimate of drug-likeness (QED) is 0.394. The fraction of sp³-hybridized carbons (Fsp3) is 0.500. The van der Waals surface area contributed by atoms with Gasteiger partial charge in [0.05, 0.1) is 19.1 Å². The van der Waals surface area contributed by atoms with Crippen LogP contribution in [-0.2, 0) is 26.2 Å². The molecule has 1 atom stereocenters. The van der Waals surface area contributed by atoms with Crippen LogP contribution in [0.25, 0.3) is 0 Å². The predicted molar refractivity (Wildman–Crippen MR) is 153 cm³/mol. The maximum atomic E-state index is 13.6. The average Bonchev–Trinajstić information content (AvgIpc) is 2.82. The van der Waals surface area contributed by atoms with Crippen molar-refractivity contribution in [1.82, 2.24) is 10.2 Å². The molecule has 0 spiro atoms. The molecule has 0 aliphatic carbocycles. The van der Waals surface area contributed by atoms with Gasteiger partial charge in [0.2, 0.25) is 21.8 Å². The zero-order valence-corrected chi connectivity index (χ0v) is 24.9. The van der Waals surface area contributed by atoms with Crippen molar-refractivity contribution in [2.24, 2.45) is 0 Å². The number of amides is 2. The van der Waals surface area contributed by atoms with E-state index in [1.165, 1.54) is 4.31 Å². The molecule has 2 rings (SSSR count). The number of benzene rings is 2. The van der Waals surface area contributed by atoms with Crippen molar-refractivity contribution in [2.75, 3.05) is 24.2 Å². The van der Waals surface area contributed by atoms with E-state index in [2.05, 4.69) is 5.32 Å². The predicted octanol–water partition coefficient (Wildman–Crippen LogP) is 4.93. The van der Waals surface area contributed by atoms with Crippen molar-refractivity contribution >= 4 is 39.1 Å². The molecule has 2 aromatic rings. The minimum Gasteiger partial charge on any atom is -0.497 e. The van der Waals surface area contributed by atoms with Gasteiger partial charge in [-0.15, -0.1) is 0 Å². The van der Waals surface area contributed by atoms with Crippen molar-refractivity contribution in [3.63, 3.8) is 0 Å². The largest absolute Gasteiger partial charge is 0.497 e. The molecule has 210 valence electrons. The number of nitrogens with zero attached hydrogens (tertiary/aromatic N) is 2. The highest BCUT2D eigenvalue weighted by atomic mass is 35.5. The number of rotatable bonds is 12. The maximum absolute atomic E-state index is 13.6. The van der Waals surface area contributed by atoms with Gasteiger partial charge in [0, 0.05) is 30.1 Å². The average molecular weight is 566 g/mol. The standard InChI is InChI=1S/C28H40ClN3O5S/c1-8-24(27(34)30-28(3,4)5)31(19-21-14-16-22(37-6)17-15-21)26(33)13-10-18-32(38(7,35)36)25-12-9-11-23(29)20(25)2/h9,11-12,14-17,24H,8,10,13,18-19H2,1-7H3,(H,30,34)/t24-/m0/s1. The summed E-state index contributed by atoms with van der Waals surface area (Å²) in [6.45, 7) is 9.65. The summed E-state index contributed by atoms with van der Waals surface area (Å²) in [6, 6.07) is 11.8. The molecular weight excluding hydrogens is 526 g/mol. The maximum Gasteiger partial charge on any atom is 0.243 e. The lowest BCUT2D eigenvalue weighted by atomic mass is 10.0. The highest BCUT2D eigenvalue weighted by Crippen LogP contribution is 2.28. The van der Waals surface area contributed by atoms with E-state index in [1.807, 2.05) is 52.0 Å². The van der Waals surface area contributed by atoms with Crippen LogP contribution in [0, 0.1) is 6.92 Å². The number of carbonyl (C=O) groups is 2. The van der Waals surface area contributed by atoms with Crippen molar-refractivity contribution in [3.05, 3.63) is 58.6 Å².